The number of phenolic OH excluding ortho intramolecular Hbond substituents is 2. The largest absolute Gasteiger partial charge is 0.504 e. The minimum atomic E-state index is -0.268. The Morgan fingerprint density at radius 2 is 1.93 bits per heavy atom. The van der Waals surface area contributed by atoms with Gasteiger partial charge in [0.25, 0.3) is 0 Å². The first kappa shape index (κ1) is 17.4. The lowest BCUT2D eigenvalue weighted by Crippen LogP contribution is -2.24. The molecule has 0 unspecified atom stereocenters. The minimum absolute atomic E-state index is 0.0277. The average Bonchev–Trinajstić information content (AvgIpc) is 3.29. The second-order valence-electron chi connectivity index (χ2n) is 7.66. The van der Waals surface area contributed by atoms with Crippen molar-refractivity contribution in [1.82, 2.24) is 0 Å². The summed E-state index contributed by atoms with van der Waals surface area (Å²) >= 11 is 0. The Balaban J connectivity index is 1.56. The van der Waals surface area contributed by atoms with E-state index in [-0.39, 0.29) is 30.1 Å². The first-order valence-electron chi connectivity index (χ1n) is 9.44. The number of aliphatic hydroxyl groups excluding tert-OH is 1. The molecule has 146 valence electrons. The van der Waals surface area contributed by atoms with Gasteiger partial charge in [0.1, 0.15) is 17.6 Å². The van der Waals surface area contributed by atoms with Gasteiger partial charge in [-0.1, -0.05) is 11.6 Å². The first-order chi connectivity index (χ1) is 13.6. The van der Waals surface area contributed by atoms with Gasteiger partial charge < -0.3 is 29.5 Å². The van der Waals surface area contributed by atoms with Crippen molar-refractivity contribution in [3.8, 4) is 23.0 Å². The number of hydrogen-bond acceptors (Lipinski definition) is 6. The van der Waals surface area contributed by atoms with E-state index >= 15 is 0 Å². The Bertz CT molecular complexity index is 993. The van der Waals surface area contributed by atoms with E-state index in [1.165, 1.54) is 11.6 Å². The zero-order valence-corrected chi connectivity index (χ0v) is 15.6. The molecule has 2 aromatic rings. The molecule has 3 heterocycles. The van der Waals surface area contributed by atoms with E-state index in [0.29, 0.717) is 37.6 Å². The molecule has 2 atom stereocenters. The molecular formula is C22H22O6. The first-order valence-corrected chi connectivity index (χ1v) is 9.44. The van der Waals surface area contributed by atoms with Crippen molar-refractivity contribution < 1.29 is 29.5 Å². The fraction of sp³-hybridized carbons (Fsp3) is 0.364. The van der Waals surface area contributed by atoms with E-state index in [4.69, 9.17) is 14.2 Å². The number of benzene rings is 2. The average molecular weight is 382 g/mol. The maximum absolute atomic E-state index is 10.4. The van der Waals surface area contributed by atoms with Crippen LogP contribution in [-0.2, 0) is 24.4 Å². The molecular weight excluding hydrogens is 360 g/mol. The molecule has 2 aromatic carbocycles. The quantitative estimate of drug-likeness (QED) is 0.558. The third kappa shape index (κ3) is 2.56. The van der Waals surface area contributed by atoms with E-state index in [1.54, 1.807) is 0 Å². The van der Waals surface area contributed by atoms with Crippen LogP contribution in [0.25, 0.3) is 0 Å². The van der Waals surface area contributed by atoms with Crippen molar-refractivity contribution in [2.45, 2.75) is 38.6 Å². The van der Waals surface area contributed by atoms with Gasteiger partial charge in [0.2, 0.25) is 0 Å². The van der Waals surface area contributed by atoms with E-state index in [9.17, 15) is 15.3 Å². The van der Waals surface area contributed by atoms with Crippen LogP contribution in [0.15, 0.2) is 29.8 Å². The fourth-order valence-electron chi connectivity index (χ4n) is 4.26. The molecule has 0 bridgehead atoms. The lowest BCUT2D eigenvalue weighted by molar-refractivity contribution is 0.131. The van der Waals surface area contributed by atoms with Crippen molar-refractivity contribution in [3.63, 3.8) is 0 Å². The van der Waals surface area contributed by atoms with Crippen LogP contribution in [0.4, 0.5) is 0 Å². The molecule has 3 N–H and O–H groups in total. The minimum Gasteiger partial charge on any atom is -0.504 e. The molecule has 0 aliphatic carbocycles. The van der Waals surface area contributed by atoms with Gasteiger partial charge in [0.15, 0.2) is 11.5 Å². The van der Waals surface area contributed by atoms with Crippen LogP contribution in [0.5, 0.6) is 23.0 Å². The monoisotopic (exact) mass is 382 g/mol. The van der Waals surface area contributed by atoms with Gasteiger partial charge in [-0.2, -0.15) is 0 Å². The lowest BCUT2D eigenvalue weighted by Gasteiger charge is -2.30. The smallest absolute Gasteiger partial charge is 0.164 e. The molecule has 3 aliphatic rings. The Hall–Kier alpha value is -2.70. The molecule has 28 heavy (non-hydrogen) atoms. The Morgan fingerprint density at radius 1 is 1.14 bits per heavy atom. The Morgan fingerprint density at radius 3 is 2.71 bits per heavy atom. The van der Waals surface area contributed by atoms with Crippen molar-refractivity contribution in [2.24, 2.45) is 0 Å². The molecule has 5 rings (SSSR count). The molecule has 0 spiro atoms. The topological polar surface area (TPSA) is 88.4 Å². The van der Waals surface area contributed by atoms with Crippen molar-refractivity contribution >= 4 is 0 Å². The Labute approximate surface area is 162 Å². The van der Waals surface area contributed by atoms with Crippen molar-refractivity contribution in [2.75, 3.05) is 13.2 Å². The maximum Gasteiger partial charge on any atom is 0.164 e. The van der Waals surface area contributed by atoms with Gasteiger partial charge >= 0.3 is 0 Å². The van der Waals surface area contributed by atoms with Crippen LogP contribution in [0.3, 0.4) is 0 Å². The third-order valence-electron chi connectivity index (χ3n) is 5.84. The summed E-state index contributed by atoms with van der Waals surface area (Å²) in [6.45, 7) is 3.41. The zero-order valence-electron chi connectivity index (χ0n) is 15.6. The van der Waals surface area contributed by atoms with E-state index in [0.717, 1.165) is 28.0 Å². The van der Waals surface area contributed by atoms with Crippen LogP contribution >= 0.6 is 0 Å². The second-order valence-corrected chi connectivity index (χ2v) is 7.66. The third-order valence-corrected chi connectivity index (χ3v) is 5.84. The SMILES string of the molecule is C/C(=C\Cc1c(O)c(O)cc2c1OC[C@H]1c3cc4c(cc3O[C@@H]21)COC4)CO. The molecule has 0 radical (unpaired) electrons. The number of rotatable bonds is 3. The standard InChI is InChI=1S/C22H22O6/c1-11(7-23)2-3-14-20(25)18(24)6-16-21(14)27-10-17-15-4-12-8-26-9-13(12)5-19(15)28-22(16)17/h2,4-6,17,22-25H,3,7-10H2,1H3/b11-2+/t17-,22-/m0/s1. The van der Waals surface area contributed by atoms with Gasteiger partial charge in [0, 0.05) is 16.7 Å². The van der Waals surface area contributed by atoms with Crippen LogP contribution in [0.1, 0.15) is 46.8 Å². The number of phenols is 2. The number of ether oxygens (including phenoxy) is 3. The highest BCUT2D eigenvalue weighted by Gasteiger charge is 2.43. The maximum atomic E-state index is 10.4. The summed E-state index contributed by atoms with van der Waals surface area (Å²) in [6, 6.07) is 5.73. The summed E-state index contributed by atoms with van der Waals surface area (Å²) in [4.78, 5) is 0. The summed E-state index contributed by atoms with van der Waals surface area (Å²) in [5, 5.41) is 29.9. The summed E-state index contributed by atoms with van der Waals surface area (Å²) in [5.74, 6) is 1.04. The number of fused-ring (bicyclic) bond motifs is 6. The van der Waals surface area contributed by atoms with Gasteiger partial charge in [-0.05, 0) is 42.7 Å². The van der Waals surface area contributed by atoms with Crippen LogP contribution in [0.2, 0.25) is 0 Å². The number of allylic oxidation sites excluding steroid dienone is 1. The van der Waals surface area contributed by atoms with Crippen LogP contribution in [-0.4, -0.2) is 28.5 Å². The van der Waals surface area contributed by atoms with Crippen LogP contribution in [0, 0.1) is 0 Å². The molecule has 6 nitrogen and oxygen atoms in total. The van der Waals surface area contributed by atoms with Crippen molar-refractivity contribution in [3.05, 3.63) is 57.7 Å². The zero-order chi connectivity index (χ0) is 19.4. The number of aliphatic hydroxyl groups is 1. The van der Waals surface area contributed by atoms with Gasteiger partial charge in [0.05, 0.1) is 32.3 Å². The number of hydrogen-bond donors (Lipinski definition) is 3. The molecule has 6 heteroatoms. The van der Waals surface area contributed by atoms with E-state index in [2.05, 4.69) is 6.07 Å². The molecule has 0 saturated carbocycles. The predicted octanol–water partition coefficient (Wildman–Crippen LogP) is 3.22. The predicted molar refractivity (Wildman–Crippen MR) is 101 cm³/mol. The summed E-state index contributed by atoms with van der Waals surface area (Å²) in [5.41, 5.74) is 5.47. The summed E-state index contributed by atoms with van der Waals surface area (Å²) < 4.78 is 17.9. The Kier molecular flexibility index (Phi) is 4.00. The second kappa shape index (κ2) is 6.43. The summed E-state index contributed by atoms with van der Waals surface area (Å²) in [7, 11) is 0. The van der Waals surface area contributed by atoms with E-state index < -0.39 is 0 Å². The highest BCUT2D eigenvalue weighted by molar-refractivity contribution is 5.61. The highest BCUT2D eigenvalue weighted by atomic mass is 16.5. The normalized spacial score (nSPS) is 22.0. The lowest BCUT2D eigenvalue weighted by atomic mass is 9.86. The molecule has 3 aliphatic heterocycles. The molecule has 0 saturated heterocycles. The molecule has 0 amide bonds. The summed E-state index contributed by atoms with van der Waals surface area (Å²) in [6.07, 6.45) is 1.90. The molecule has 0 fully saturated rings. The van der Waals surface area contributed by atoms with Gasteiger partial charge in [-0.15, -0.1) is 0 Å². The highest BCUT2D eigenvalue weighted by Crippen LogP contribution is 2.55. The molecule has 0 aromatic heterocycles. The van der Waals surface area contributed by atoms with Gasteiger partial charge in [-0.25, -0.2) is 0 Å². The van der Waals surface area contributed by atoms with Gasteiger partial charge in [-0.3, -0.25) is 0 Å². The van der Waals surface area contributed by atoms with Crippen LogP contribution < -0.4 is 9.47 Å². The van der Waals surface area contributed by atoms with E-state index in [1.807, 2.05) is 19.1 Å². The fourth-order valence-corrected chi connectivity index (χ4v) is 4.26. The number of aromatic hydroxyl groups is 2. The van der Waals surface area contributed by atoms with Crippen molar-refractivity contribution in [1.29, 1.82) is 0 Å².